The van der Waals surface area contributed by atoms with Crippen LogP contribution in [0.4, 0.5) is 0 Å². The molecule has 0 radical (unpaired) electrons. The van der Waals surface area contributed by atoms with Crippen molar-refractivity contribution in [3.63, 3.8) is 0 Å². The van der Waals surface area contributed by atoms with Gasteiger partial charge in [0.05, 0.1) is 11.7 Å². The van der Waals surface area contributed by atoms with Gasteiger partial charge in [0, 0.05) is 10.9 Å². The quantitative estimate of drug-likeness (QED) is 0.654. The summed E-state index contributed by atoms with van der Waals surface area (Å²) in [5.74, 6) is -0.371. The Morgan fingerprint density at radius 3 is 2.88 bits per heavy atom. The number of rotatable bonds is 4. The first-order chi connectivity index (χ1) is 8.13. The fourth-order valence-corrected chi connectivity index (χ4v) is 2.28. The van der Waals surface area contributed by atoms with Gasteiger partial charge in [0.2, 0.25) is 0 Å². The highest BCUT2D eigenvalue weighted by atomic mass is 79.9. The Morgan fingerprint density at radius 1 is 1.41 bits per heavy atom. The van der Waals surface area contributed by atoms with Crippen LogP contribution >= 0.6 is 15.9 Å². The molecule has 1 aliphatic rings. The largest absolute Gasteiger partial charge is 0.457 e. The highest BCUT2D eigenvalue weighted by Gasteiger charge is 2.24. The van der Waals surface area contributed by atoms with Crippen molar-refractivity contribution in [3.8, 4) is 0 Å². The first-order valence-electron chi connectivity index (χ1n) is 5.35. The number of ether oxygens (including phenoxy) is 1. The first-order valence-corrected chi connectivity index (χ1v) is 6.47. The van der Waals surface area contributed by atoms with E-state index in [9.17, 15) is 15.0 Å². The zero-order valence-corrected chi connectivity index (χ0v) is 10.7. The number of benzene rings is 1. The van der Waals surface area contributed by atoms with Crippen molar-refractivity contribution in [2.75, 3.05) is 5.33 Å². The molecule has 92 valence electrons. The number of esters is 1. The van der Waals surface area contributed by atoms with E-state index in [1.807, 2.05) is 0 Å². The minimum Gasteiger partial charge on any atom is -0.457 e. The predicted molar refractivity (Wildman–Crippen MR) is 64.9 cm³/mol. The van der Waals surface area contributed by atoms with Crippen LogP contribution in [-0.4, -0.2) is 27.6 Å². The molecule has 0 aliphatic carbocycles. The fourth-order valence-electron chi connectivity index (χ4n) is 1.81. The Bertz CT molecular complexity index is 433. The number of fused-ring (bicyclic) bond motifs is 1. The third kappa shape index (κ3) is 2.51. The minimum atomic E-state index is -0.980. The zero-order chi connectivity index (χ0) is 12.4. The van der Waals surface area contributed by atoms with E-state index >= 15 is 0 Å². The van der Waals surface area contributed by atoms with Gasteiger partial charge < -0.3 is 14.9 Å². The van der Waals surface area contributed by atoms with Crippen molar-refractivity contribution in [2.45, 2.75) is 25.2 Å². The number of hydrogen-bond donors (Lipinski definition) is 2. The highest BCUT2D eigenvalue weighted by Crippen LogP contribution is 2.26. The van der Waals surface area contributed by atoms with E-state index < -0.39 is 12.2 Å². The second-order valence-corrected chi connectivity index (χ2v) is 4.78. The molecule has 4 nitrogen and oxygen atoms in total. The van der Waals surface area contributed by atoms with E-state index in [1.165, 1.54) is 0 Å². The van der Waals surface area contributed by atoms with Gasteiger partial charge in [0.25, 0.3) is 0 Å². The molecule has 2 rings (SSSR count). The number of halogens is 1. The summed E-state index contributed by atoms with van der Waals surface area (Å²) in [6.07, 6.45) is -1.38. The molecular formula is C12H13BrO4. The molecule has 2 atom stereocenters. The average molecular weight is 301 g/mol. The molecule has 2 N–H and O–H groups in total. The van der Waals surface area contributed by atoms with Gasteiger partial charge in [-0.1, -0.05) is 28.1 Å². The summed E-state index contributed by atoms with van der Waals surface area (Å²) in [6.45, 7) is 0.286. The van der Waals surface area contributed by atoms with Crippen LogP contribution in [0.2, 0.25) is 0 Å². The molecule has 0 saturated heterocycles. The van der Waals surface area contributed by atoms with Gasteiger partial charge in [-0.25, -0.2) is 4.79 Å². The topological polar surface area (TPSA) is 66.8 Å². The van der Waals surface area contributed by atoms with Gasteiger partial charge in [0.1, 0.15) is 12.7 Å². The Kier molecular flexibility index (Phi) is 3.81. The van der Waals surface area contributed by atoms with Gasteiger partial charge >= 0.3 is 5.97 Å². The van der Waals surface area contributed by atoms with Crippen molar-refractivity contribution in [1.82, 2.24) is 0 Å². The Hall–Kier alpha value is -0.910. The van der Waals surface area contributed by atoms with Gasteiger partial charge in [0.15, 0.2) is 0 Å². The van der Waals surface area contributed by atoms with E-state index in [0.29, 0.717) is 22.9 Å². The molecule has 0 aromatic heterocycles. The van der Waals surface area contributed by atoms with Crippen LogP contribution in [0.3, 0.4) is 0 Å². The lowest BCUT2D eigenvalue weighted by Crippen LogP contribution is -2.18. The van der Waals surface area contributed by atoms with Crippen LogP contribution in [0.15, 0.2) is 18.2 Å². The van der Waals surface area contributed by atoms with E-state index in [4.69, 9.17) is 4.74 Å². The fraction of sp³-hybridized carbons (Fsp3) is 0.417. The maximum atomic E-state index is 11.4. The molecule has 5 heteroatoms. The van der Waals surface area contributed by atoms with Crippen molar-refractivity contribution in [3.05, 3.63) is 34.9 Å². The van der Waals surface area contributed by atoms with Crippen molar-refractivity contribution in [1.29, 1.82) is 0 Å². The predicted octanol–water partition coefficient (Wildman–Crippen LogP) is 1.54. The third-order valence-electron chi connectivity index (χ3n) is 2.82. The van der Waals surface area contributed by atoms with Crippen LogP contribution in [0.25, 0.3) is 0 Å². The summed E-state index contributed by atoms with van der Waals surface area (Å²) in [6, 6.07) is 5.05. The summed E-state index contributed by atoms with van der Waals surface area (Å²) in [5, 5.41) is 20.2. The summed E-state index contributed by atoms with van der Waals surface area (Å²) in [7, 11) is 0. The molecule has 1 heterocycles. The smallest absolute Gasteiger partial charge is 0.338 e. The van der Waals surface area contributed by atoms with Crippen LogP contribution < -0.4 is 0 Å². The van der Waals surface area contributed by atoms with E-state index in [-0.39, 0.29) is 12.6 Å². The zero-order valence-electron chi connectivity index (χ0n) is 9.10. The second-order valence-electron chi connectivity index (χ2n) is 3.98. The van der Waals surface area contributed by atoms with E-state index in [2.05, 4.69) is 15.9 Å². The number of carbonyl (C=O) groups is 1. The monoisotopic (exact) mass is 300 g/mol. The molecule has 0 spiro atoms. The SMILES string of the molecule is O=C1OCc2ccc(C(O)C(O)CCBr)cc21. The van der Waals surface area contributed by atoms with Gasteiger partial charge in [-0.2, -0.15) is 0 Å². The van der Waals surface area contributed by atoms with Gasteiger partial charge in [-0.3, -0.25) is 0 Å². The number of hydrogen-bond acceptors (Lipinski definition) is 4. The molecule has 0 fully saturated rings. The standard InChI is InChI=1S/C12H13BrO4/c13-4-3-10(14)11(15)7-1-2-8-6-17-12(16)9(8)5-7/h1-2,5,10-11,14-15H,3-4,6H2. The van der Waals surface area contributed by atoms with Crippen LogP contribution in [0, 0.1) is 0 Å². The molecule has 1 aromatic rings. The van der Waals surface area contributed by atoms with Gasteiger partial charge in [-0.05, 0) is 18.1 Å². The van der Waals surface area contributed by atoms with Crippen molar-refractivity contribution in [2.24, 2.45) is 0 Å². The summed E-state index contributed by atoms with van der Waals surface area (Å²) in [4.78, 5) is 11.4. The molecular weight excluding hydrogens is 288 g/mol. The summed E-state index contributed by atoms with van der Waals surface area (Å²) < 4.78 is 4.88. The number of cyclic esters (lactones) is 1. The highest BCUT2D eigenvalue weighted by molar-refractivity contribution is 9.09. The molecule has 0 bridgehead atoms. The minimum absolute atomic E-state index is 0.286. The maximum absolute atomic E-state index is 11.4. The Labute approximate surface area is 107 Å². The second kappa shape index (κ2) is 5.16. The molecule has 1 aliphatic heterocycles. The normalized spacial score (nSPS) is 17.5. The molecule has 0 saturated carbocycles. The molecule has 17 heavy (non-hydrogen) atoms. The molecule has 0 amide bonds. The average Bonchev–Trinajstić information content (AvgIpc) is 2.70. The number of aliphatic hydroxyl groups is 2. The summed E-state index contributed by atoms with van der Waals surface area (Å²) in [5.41, 5.74) is 1.84. The van der Waals surface area contributed by atoms with E-state index in [0.717, 1.165) is 5.56 Å². The Morgan fingerprint density at radius 2 is 2.18 bits per heavy atom. The summed E-state index contributed by atoms with van der Waals surface area (Å²) >= 11 is 3.20. The first kappa shape index (κ1) is 12.5. The lowest BCUT2D eigenvalue weighted by Gasteiger charge is -2.17. The van der Waals surface area contributed by atoms with Gasteiger partial charge in [-0.15, -0.1) is 0 Å². The number of aliphatic hydroxyl groups excluding tert-OH is 2. The van der Waals surface area contributed by atoms with Crippen LogP contribution in [0.5, 0.6) is 0 Å². The Balaban J connectivity index is 2.22. The lowest BCUT2D eigenvalue weighted by molar-refractivity contribution is 0.0173. The lowest BCUT2D eigenvalue weighted by atomic mass is 9.98. The van der Waals surface area contributed by atoms with Crippen LogP contribution in [-0.2, 0) is 11.3 Å². The number of alkyl halides is 1. The maximum Gasteiger partial charge on any atom is 0.338 e. The van der Waals surface area contributed by atoms with Crippen LogP contribution in [0.1, 0.15) is 34.0 Å². The van der Waals surface area contributed by atoms with Crippen molar-refractivity contribution >= 4 is 21.9 Å². The van der Waals surface area contributed by atoms with Crippen molar-refractivity contribution < 1.29 is 19.7 Å². The molecule has 2 unspecified atom stereocenters. The van der Waals surface area contributed by atoms with E-state index in [1.54, 1.807) is 18.2 Å². The number of carbonyl (C=O) groups excluding carboxylic acids is 1. The third-order valence-corrected chi connectivity index (χ3v) is 3.28. The molecule has 1 aromatic carbocycles.